The molecule has 0 atom stereocenters. The van der Waals surface area contributed by atoms with Crippen LogP contribution >= 0.6 is 0 Å². The van der Waals surface area contributed by atoms with Crippen LogP contribution in [0.4, 0.5) is 14.5 Å². The van der Waals surface area contributed by atoms with Gasteiger partial charge in [0.05, 0.1) is 41.0 Å². The van der Waals surface area contributed by atoms with Crippen molar-refractivity contribution in [2.45, 2.75) is 19.4 Å². The third-order valence-electron chi connectivity index (χ3n) is 8.04. The molecule has 0 aliphatic carbocycles. The molecule has 5 aromatic rings. The first kappa shape index (κ1) is 23.6. The molecule has 7 heteroatoms. The number of hydrogen-bond acceptors (Lipinski definition) is 4. The van der Waals surface area contributed by atoms with E-state index in [1.165, 1.54) is 28.7 Å². The molecule has 0 spiro atoms. The lowest BCUT2D eigenvalue weighted by atomic mass is 10.0. The van der Waals surface area contributed by atoms with Crippen molar-refractivity contribution >= 4 is 38.5 Å². The largest absolute Gasteiger partial charge is 0.379 e. The van der Waals surface area contributed by atoms with E-state index in [2.05, 4.69) is 44.7 Å². The number of rotatable bonds is 5. The Morgan fingerprint density at radius 2 is 1.61 bits per heavy atom. The Labute approximate surface area is 220 Å². The molecule has 38 heavy (non-hydrogen) atoms. The minimum atomic E-state index is -0.835. The molecule has 0 radical (unpaired) electrons. The quantitative estimate of drug-likeness (QED) is 0.280. The topological polar surface area (TPSA) is 33.5 Å². The molecule has 1 saturated heterocycles. The van der Waals surface area contributed by atoms with Crippen LogP contribution in [0.2, 0.25) is 0 Å². The molecular weight excluding hydrogens is 482 g/mol. The van der Waals surface area contributed by atoms with Crippen molar-refractivity contribution in [1.82, 2.24) is 14.5 Å². The number of nitrogens with zero attached hydrogens (tertiary/aromatic N) is 4. The van der Waals surface area contributed by atoms with Crippen LogP contribution in [0.3, 0.4) is 0 Å². The van der Waals surface area contributed by atoms with E-state index >= 15 is 0 Å². The van der Waals surface area contributed by atoms with Crippen LogP contribution in [0.15, 0.2) is 60.7 Å². The van der Waals surface area contributed by atoms with Gasteiger partial charge in [0.15, 0.2) is 11.6 Å². The summed E-state index contributed by atoms with van der Waals surface area (Å²) in [5, 5.41) is 2.22. The minimum absolute atomic E-state index is 0.657. The summed E-state index contributed by atoms with van der Waals surface area (Å²) in [6.45, 7) is 7.65. The molecule has 7 rings (SSSR count). The maximum absolute atomic E-state index is 14.0. The van der Waals surface area contributed by atoms with E-state index in [0.717, 1.165) is 92.8 Å². The van der Waals surface area contributed by atoms with Crippen molar-refractivity contribution in [3.05, 3.63) is 72.3 Å². The van der Waals surface area contributed by atoms with Gasteiger partial charge in [0, 0.05) is 50.0 Å². The Morgan fingerprint density at radius 3 is 2.47 bits per heavy atom. The normalized spacial score (nSPS) is 16.5. The molecule has 4 heterocycles. The zero-order chi connectivity index (χ0) is 25.6. The van der Waals surface area contributed by atoms with E-state index in [1.807, 2.05) is 12.1 Å². The van der Waals surface area contributed by atoms with Crippen molar-refractivity contribution in [2.75, 3.05) is 50.8 Å². The minimum Gasteiger partial charge on any atom is -0.379 e. The van der Waals surface area contributed by atoms with Crippen molar-refractivity contribution in [1.29, 1.82) is 0 Å². The monoisotopic (exact) mass is 512 g/mol. The van der Waals surface area contributed by atoms with E-state index < -0.39 is 11.6 Å². The standard InChI is InChI=1S/C31H30F2N4O/c32-25-9-7-22(20-26(25)33)21-8-10-28-24(19-21)29-31-30(23-5-1-2-6-27(23)34-29)36(13-4-14-37(28)31)12-3-11-35-15-17-38-18-16-35/h1-2,5-10,19-20H,3-4,11-18H2. The van der Waals surface area contributed by atoms with E-state index in [-0.39, 0.29) is 0 Å². The summed E-state index contributed by atoms with van der Waals surface area (Å²) in [5.41, 5.74) is 7.02. The second kappa shape index (κ2) is 9.64. The Kier molecular flexibility index (Phi) is 5.98. The molecule has 3 aromatic carbocycles. The molecule has 1 fully saturated rings. The molecular formula is C31H30F2N4O. The van der Waals surface area contributed by atoms with Gasteiger partial charge in [-0.2, -0.15) is 0 Å². The number of morpholine rings is 1. The van der Waals surface area contributed by atoms with Gasteiger partial charge in [-0.15, -0.1) is 0 Å². The van der Waals surface area contributed by atoms with Crippen LogP contribution in [0.1, 0.15) is 12.8 Å². The third-order valence-corrected chi connectivity index (χ3v) is 8.04. The SMILES string of the molecule is Fc1ccc(-c2ccc3c(c2)c2nc4ccccc4c4c2n3CCCN4CCCN2CCOCC2)cc1F. The maximum Gasteiger partial charge on any atom is 0.159 e. The highest BCUT2D eigenvalue weighted by atomic mass is 19.2. The van der Waals surface area contributed by atoms with Crippen LogP contribution < -0.4 is 4.90 Å². The molecule has 5 nitrogen and oxygen atoms in total. The lowest BCUT2D eigenvalue weighted by Gasteiger charge is -2.29. The molecule has 0 unspecified atom stereocenters. The van der Waals surface area contributed by atoms with E-state index in [9.17, 15) is 8.78 Å². The zero-order valence-electron chi connectivity index (χ0n) is 21.3. The molecule has 0 amide bonds. The van der Waals surface area contributed by atoms with Gasteiger partial charge in [0.2, 0.25) is 0 Å². The number of anilines is 1. The van der Waals surface area contributed by atoms with Gasteiger partial charge >= 0.3 is 0 Å². The van der Waals surface area contributed by atoms with E-state index in [0.29, 0.717) is 5.56 Å². The first-order valence-electron chi connectivity index (χ1n) is 13.5. The zero-order valence-corrected chi connectivity index (χ0v) is 21.3. The Bertz CT molecular complexity index is 1660. The number of fused-ring (bicyclic) bond motifs is 5. The fourth-order valence-electron chi connectivity index (χ4n) is 6.18. The number of aryl methyl sites for hydroxylation is 1. The van der Waals surface area contributed by atoms with Gasteiger partial charge in [-0.25, -0.2) is 13.8 Å². The third kappa shape index (κ3) is 4.01. The molecule has 2 aliphatic heterocycles. The van der Waals surface area contributed by atoms with Crippen LogP contribution in [0.25, 0.3) is 44.0 Å². The second-order valence-corrected chi connectivity index (χ2v) is 10.3. The Balaban J connectivity index is 1.36. The second-order valence-electron chi connectivity index (χ2n) is 10.3. The summed E-state index contributed by atoms with van der Waals surface area (Å²) >= 11 is 0. The smallest absolute Gasteiger partial charge is 0.159 e. The average molecular weight is 513 g/mol. The van der Waals surface area contributed by atoms with Crippen molar-refractivity contribution in [3.63, 3.8) is 0 Å². The van der Waals surface area contributed by atoms with Gasteiger partial charge in [-0.05, 0) is 54.3 Å². The fourth-order valence-corrected chi connectivity index (χ4v) is 6.18. The first-order valence-corrected chi connectivity index (χ1v) is 13.5. The summed E-state index contributed by atoms with van der Waals surface area (Å²) in [7, 11) is 0. The van der Waals surface area contributed by atoms with Crippen LogP contribution in [-0.2, 0) is 11.3 Å². The fraction of sp³-hybridized carbons (Fsp3) is 0.323. The first-order chi connectivity index (χ1) is 18.7. The number of ether oxygens (including phenoxy) is 1. The summed E-state index contributed by atoms with van der Waals surface area (Å²) in [4.78, 5) is 10.2. The van der Waals surface area contributed by atoms with E-state index in [4.69, 9.17) is 9.72 Å². The van der Waals surface area contributed by atoms with Crippen LogP contribution in [-0.4, -0.2) is 60.4 Å². The number of pyridine rings is 1. The van der Waals surface area contributed by atoms with Crippen LogP contribution in [0.5, 0.6) is 0 Å². The summed E-state index contributed by atoms with van der Waals surface area (Å²) in [5.74, 6) is -1.67. The number of hydrogen-bond donors (Lipinski definition) is 0. The highest BCUT2D eigenvalue weighted by Crippen LogP contribution is 2.42. The summed E-state index contributed by atoms with van der Waals surface area (Å²) in [6.07, 6.45) is 2.14. The average Bonchev–Trinajstić information content (AvgIpc) is 3.12. The number of aromatic nitrogens is 2. The van der Waals surface area contributed by atoms with Gasteiger partial charge in [-0.1, -0.05) is 30.3 Å². The maximum atomic E-state index is 14.0. The van der Waals surface area contributed by atoms with Gasteiger partial charge in [0.25, 0.3) is 0 Å². The lowest BCUT2D eigenvalue weighted by molar-refractivity contribution is 0.0376. The molecule has 0 bridgehead atoms. The van der Waals surface area contributed by atoms with Crippen molar-refractivity contribution in [2.24, 2.45) is 0 Å². The predicted molar refractivity (Wildman–Crippen MR) is 149 cm³/mol. The molecule has 0 N–H and O–H groups in total. The highest BCUT2D eigenvalue weighted by Gasteiger charge is 2.25. The molecule has 2 aliphatic rings. The van der Waals surface area contributed by atoms with E-state index in [1.54, 1.807) is 6.07 Å². The van der Waals surface area contributed by atoms with Gasteiger partial charge < -0.3 is 14.2 Å². The van der Waals surface area contributed by atoms with Gasteiger partial charge in [0.1, 0.15) is 0 Å². The number of benzene rings is 3. The molecule has 0 saturated carbocycles. The molecule has 194 valence electrons. The molecule has 2 aromatic heterocycles. The number of halogens is 2. The lowest BCUT2D eigenvalue weighted by Crippen LogP contribution is -2.38. The predicted octanol–water partition coefficient (Wildman–Crippen LogP) is 6.22. The Hall–Kier alpha value is -3.55. The summed E-state index contributed by atoms with van der Waals surface area (Å²) < 4.78 is 35.6. The number of para-hydroxylation sites is 1. The van der Waals surface area contributed by atoms with Crippen molar-refractivity contribution in [3.8, 4) is 11.1 Å². The highest BCUT2D eigenvalue weighted by molar-refractivity contribution is 6.17. The summed E-state index contributed by atoms with van der Waals surface area (Å²) in [6, 6.07) is 18.7. The van der Waals surface area contributed by atoms with Crippen LogP contribution in [0, 0.1) is 11.6 Å². The Morgan fingerprint density at radius 1 is 0.789 bits per heavy atom. The van der Waals surface area contributed by atoms with Crippen molar-refractivity contribution < 1.29 is 13.5 Å². The van der Waals surface area contributed by atoms with Gasteiger partial charge in [-0.3, -0.25) is 4.90 Å².